The highest BCUT2D eigenvalue weighted by Gasteiger charge is 2.34. The second kappa shape index (κ2) is 9.32. The zero-order chi connectivity index (χ0) is 22.6. The number of hydrogen-bond donors (Lipinski definition) is 2. The maximum absolute atomic E-state index is 13.5. The zero-order valence-corrected chi connectivity index (χ0v) is 16.9. The van der Waals surface area contributed by atoms with E-state index in [1.54, 1.807) is 0 Å². The summed E-state index contributed by atoms with van der Waals surface area (Å²) in [5, 5.41) is 4.93. The molecule has 0 fully saturated rings. The SMILES string of the molecule is O=C(COc1cc(Cl)ccc1Cl)Nc1ccc(NC(=O)c2ccco2)cc1C(F)(F)F. The van der Waals surface area contributed by atoms with Gasteiger partial charge in [0, 0.05) is 16.8 Å². The molecule has 11 heteroatoms. The molecule has 3 aromatic rings. The first-order chi connectivity index (χ1) is 14.6. The van der Waals surface area contributed by atoms with Crippen LogP contribution < -0.4 is 15.4 Å². The molecule has 2 aromatic carbocycles. The zero-order valence-electron chi connectivity index (χ0n) is 15.4. The molecule has 0 aliphatic heterocycles. The Balaban J connectivity index is 1.73. The van der Waals surface area contributed by atoms with Gasteiger partial charge in [0.05, 0.1) is 22.5 Å². The standard InChI is InChI=1S/C20H13Cl2F3N2O4/c21-11-3-5-14(22)17(8-11)31-10-18(28)27-15-6-4-12(9-13(15)20(23,24)25)26-19(29)16-2-1-7-30-16/h1-9H,10H2,(H,26,29)(H,27,28). The van der Waals surface area contributed by atoms with E-state index in [0.717, 1.165) is 6.07 Å². The molecular formula is C20H13Cl2F3N2O4. The average Bonchev–Trinajstić information content (AvgIpc) is 3.24. The van der Waals surface area contributed by atoms with Crippen LogP contribution >= 0.6 is 23.2 Å². The van der Waals surface area contributed by atoms with Crippen molar-refractivity contribution in [3.05, 3.63) is 76.2 Å². The molecule has 1 heterocycles. The Morgan fingerprint density at radius 3 is 2.48 bits per heavy atom. The summed E-state index contributed by atoms with van der Waals surface area (Å²) in [6, 6.07) is 10.1. The Kier molecular flexibility index (Phi) is 6.77. The van der Waals surface area contributed by atoms with Gasteiger partial charge in [-0.1, -0.05) is 23.2 Å². The van der Waals surface area contributed by atoms with Gasteiger partial charge in [-0.25, -0.2) is 0 Å². The van der Waals surface area contributed by atoms with Crippen LogP contribution in [0.2, 0.25) is 10.0 Å². The summed E-state index contributed by atoms with van der Waals surface area (Å²) < 4.78 is 50.6. The van der Waals surface area contributed by atoms with Crippen molar-refractivity contribution in [1.29, 1.82) is 0 Å². The topological polar surface area (TPSA) is 80.6 Å². The molecule has 0 bridgehead atoms. The third-order valence-corrected chi connectivity index (χ3v) is 4.40. The molecule has 0 atom stereocenters. The van der Waals surface area contributed by atoms with E-state index in [1.165, 1.54) is 42.7 Å². The average molecular weight is 473 g/mol. The van der Waals surface area contributed by atoms with E-state index < -0.39 is 35.8 Å². The number of anilines is 2. The maximum Gasteiger partial charge on any atom is 0.418 e. The number of rotatable bonds is 6. The Labute approximate surface area is 183 Å². The number of furan rings is 1. The van der Waals surface area contributed by atoms with Crippen LogP contribution in [0.15, 0.2) is 59.2 Å². The molecule has 6 nitrogen and oxygen atoms in total. The Morgan fingerprint density at radius 1 is 1.03 bits per heavy atom. The number of amides is 2. The van der Waals surface area contributed by atoms with Crippen LogP contribution in [0.3, 0.4) is 0 Å². The van der Waals surface area contributed by atoms with Crippen LogP contribution in [0.5, 0.6) is 5.75 Å². The van der Waals surface area contributed by atoms with Gasteiger partial charge in [-0.05, 0) is 42.5 Å². The third-order valence-electron chi connectivity index (χ3n) is 3.85. The maximum atomic E-state index is 13.5. The molecule has 0 spiro atoms. The Bertz CT molecular complexity index is 1100. The van der Waals surface area contributed by atoms with E-state index in [-0.39, 0.29) is 22.2 Å². The van der Waals surface area contributed by atoms with E-state index in [4.69, 9.17) is 32.4 Å². The van der Waals surface area contributed by atoms with Crippen LogP contribution in [0.4, 0.5) is 24.5 Å². The summed E-state index contributed by atoms with van der Waals surface area (Å²) in [6.45, 7) is -0.603. The van der Waals surface area contributed by atoms with Gasteiger partial charge in [0.1, 0.15) is 5.75 Å². The van der Waals surface area contributed by atoms with Crippen molar-refractivity contribution in [2.75, 3.05) is 17.2 Å². The molecule has 2 N–H and O–H groups in total. The van der Waals surface area contributed by atoms with Crippen LogP contribution in [0.25, 0.3) is 0 Å². The lowest BCUT2D eigenvalue weighted by Crippen LogP contribution is -2.22. The minimum absolute atomic E-state index is 0.0669. The minimum Gasteiger partial charge on any atom is -0.482 e. The van der Waals surface area contributed by atoms with Gasteiger partial charge in [-0.2, -0.15) is 13.2 Å². The van der Waals surface area contributed by atoms with E-state index in [9.17, 15) is 22.8 Å². The summed E-state index contributed by atoms with van der Waals surface area (Å²) in [5.41, 5.74) is -1.79. The summed E-state index contributed by atoms with van der Waals surface area (Å²) in [6.07, 6.45) is -3.54. The van der Waals surface area contributed by atoms with Crippen molar-refractivity contribution in [3.8, 4) is 5.75 Å². The summed E-state index contributed by atoms with van der Waals surface area (Å²) in [4.78, 5) is 24.1. The molecule has 0 saturated heterocycles. The molecular weight excluding hydrogens is 460 g/mol. The molecule has 0 aliphatic carbocycles. The second-order valence-electron chi connectivity index (χ2n) is 6.10. The highest BCUT2D eigenvalue weighted by atomic mass is 35.5. The number of carbonyl (C=O) groups excluding carboxylic acids is 2. The first-order valence-corrected chi connectivity index (χ1v) is 9.33. The quantitative estimate of drug-likeness (QED) is 0.469. The number of hydrogen-bond acceptors (Lipinski definition) is 4. The molecule has 31 heavy (non-hydrogen) atoms. The number of ether oxygens (including phenoxy) is 1. The van der Waals surface area contributed by atoms with E-state index in [2.05, 4.69) is 10.6 Å². The first kappa shape index (κ1) is 22.5. The lowest BCUT2D eigenvalue weighted by molar-refractivity contribution is -0.137. The van der Waals surface area contributed by atoms with Gasteiger partial charge in [-0.15, -0.1) is 0 Å². The van der Waals surface area contributed by atoms with Crippen LogP contribution in [-0.4, -0.2) is 18.4 Å². The smallest absolute Gasteiger partial charge is 0.418 e. The number of halogens is 5. The van der Waals surface area contributed by atoms with E-state index in [0.29, 0.717) is 11.1 Å². The van der Waals surface area contributed by atoms with Crippen molar-refractivity contribution in [2.24, 2.45) is 0 Å². The lowest BCUT2D eigenvalue weighted by Gasteiger charge is -2.16. The van der Waals surface area contributed by atoms with Crippen LogP contribution in [0, 0.1) is 0 Å². The lowest BCUT2D eigenvalue weighted by atomic mass is 10.1. The summed E-state index contributed by atoms with van der Waals surface area (Å²) in [5.74, 6) is -1.53. The fourth-order valence-corrected chi connectivity index (χ4v) is 2.82. The Hall–Kier alpha value is -3.17. The normalized spacial score (nSPS) is 11.1. The molecule has 0 aliphatic rings. The molecule has 1 aromatic heterocycles. The van der Waals surface area contributed by atoms with Gasteiger partial charge >= 0.3 is 6.18 Å². The van der Waals surface area contributed by atoms with Gasteiger partial charge in [0.2, 0.25) is 0 Å². The van der Waals surface area contributed by atoms with Gasteiger partial charge in [0.25, 0.3) is 11.8 Å². The third kappa shape index (κ3) is 5.93. The number of benzene rings is 2. The molecule has 3 rings (SSSR count). The summed E-state index contributed by atoms with van der Waals surface area (Å²) >= 11 is 11.7. The van der Waals surface area contributed by atoms with Gasteiger partial charge < -0.3 is 19.8 Å². The van der Waals surface area contributed by atoms with Gasteiger partial charge in [-0.3, -0.25) is 9.59 Å². The van der Waals surface area contributed by atoms with E-state index in [1.807, 2.05) is 0 Å². The second-order valence-corrected chi connectivity index (χ2v) is 6.94. The van der Waals surface area contributed by atoms with Crippen molar-refractivity contribution < 1.29 is 31.9 Å². The van der Waals surface area contributed by atoms with Gasteiger partial charge in [0.15, 0.2) is 12.4 Å². The first-order valence-electron chi connectivity index (χ1n) is 8.57. The fraction of sp³-hybridized carbons (Fsp3) is 0.100. The van der Waals surface area contributed by atoms with Crippen molar-refractivity contribution in [1.82, 2.24) is 0 Å². The number of nitrogens with one attached hydrogen (secondary N) is 2. The number of carbonyl (C=O) groups is 2. The monoisotopic (exact) mass is 472 g/mol. The predicted molar refractivity (Wildman–Crippen MR) is 109 cm³/mol. The molecule has 2 amide bonds. The highest BCUT2D eigenvalue weighted by molar-refractivity contribution is 6.34. The largest absolute Gasteiger partial charge is 0.482 e. The van der Waals surface area contributed by atoms with Crippen molar-refractivity contribution in [3.63, 3.8) is 0 Å². The van der Waals surface area contributed by atoms with Crippen LogP contribution in [0.1, 0.15) is 16.1 Å². The number of alkyl halides is 3. The highest BCUT2D eigenvalue weighted by Crippen LogP contribution is 2.37. The molecule has 0 unspecified atom stereocenters. The predicted octanol–water partition coefficient (Wildman–Crippen LogP) is 5.88. The fourth-order valence-electron chi connectivity index (χ4n) is 2.48. The molecule has 0 radical (unpaired) electrons. The molecule has 0 saturated carbocycles. The van der Waals surface area contributed by atoms with E-state index >= 15 is 0 Å². The summed E-state index contributed by atoms with van der Waals surface area (Å²) in [7, 11) is 0. The van der Waals surface area contributed by atoms with Crippen molar-refractivity contribution >= 4 is 46.4 Å². The minimum atomic E-state index is -4.80. The Morgan fingerprint density at radius 2 is 1.81 bits per heavy atom. The van der Waals surface area contributed by atoms with Crippen LogP contribution in [-0.2, 0) is 11.0 Å². The molecule has 162 valence electrons. The van der Waals surface area contributed by atoms with Crippen molar-refractivity contribution in [2.45, 2.75) is 6.18 Å².